The molecule has 1 aliphatic rings. The topological polar surface area (TPSA) is 98.5 Å². The molecule has 1 aliphatic heterocycles. The van der Waals surface area contributed by atoms with E-state index >= 15 is 0 Å². The molecular weight excluding hydrogens is 358 g/mol. The molecule has 0 spiro atoms. The lowest BCUT2D eigenvalue weighted by Crippen LogP contribution is -2.49. The molecule has 0 saturated carbocycles. The maximum Gasteiger partial charge on any atom is 0.354 e. The van der Waals surface area contributed by atoms with Crippen molar-refractivity contribution in [1.82, 2.24) is 23.7 Å². The highest BCUT2D eigenvalue weighted by molar-refractivity contribution is 7.89. The van der Waals surface area contributed by atoms with E-state index in [0.29, 0.717) is 25.5 Å². The number of hydrogen-bond acceptors (Lipinski definition) is 6. The number of carbonyl (C=O) groups excluding carboxylic acids is 1. The first-order chi connectivity index (χ1) is 12.4. The molecule has 0 amide bonds. The van der Waals surface area contributed by atoms with Gasteiger partial charge in [0.05, 0.1) is 12.6 Å². The molecule has 3 heterocycles. The second-order valence-corrected chi connectivity index (χ2v) is 8.02. The SMILES string of the molecule is CCOC(=O)c1cc(S(=O)(=O)N2CCNCC2c2nccn2C)cn1C. The fourth-order valence-electron chi connectivity index (χ4n) is 3.11. The van der Waals surface area contributed by atoms with Crippen LogP contribution in [0.3, 0.4) is 0 Å². The predicted molar refractivity (Wildman–Crippen MR) is 94.1 cm³/mol. The summed E-state index contributed by atoms with van der Waals surface area (Å²) < 4.78 is 36.2. The number of esters is 1. The predicted octanol–water partition coefficient (Wildman–Crippen LogP) is 0.271. The molecule has 1 atom stereocenters. The fourth-order valence-corrected chi connectivity index (χ4v) is 4.77. The van der Waals surface area contributed by atoms with Gasteiger partial charge < -0.3 is 19.2 Å². The maximum absolute atomic E-state index is 13.2. The number of piperazine rings is 1. The van der Waals surface area contributed by atoms with Gasteiger partial charge in [0.15, 0.2) is 0 Å². The molecule has 0 radical (unpaired) electrons. The molecule has 2 aromatic rings. The largest absolute Gasteiger partial charge is 0.461 e. The van der Waals surface area contributed by atoms with Crippen LogP contribution in [0, 0.1) is 0 Å². The summed E-state index contributed by atoms with van der Waals surface area (Å²) in [4.78, 5) is 16.4. The van der Waals surface area contributed by atoms with Crippen molar-refractivity contribution in [2.45, 2.75) is 17.9 Å². The molecule has 9 nitrogen and oxygen atoms in total. The van der Waals surface area contributed by atoms with Crippen molar-refractivity contribution >= 4 is 16.0 Å². The minimum absolute atomic E-state index is 0.0733. The van der Waals surface area contributed by atoms with E-state index in [-0.39, 0.29) is 17.2 Å². The van der Waals surface area contributed by atoms with Gasteiger partial charge in [-0.2, -0.15) is 4.31 Å². The van der Waals surface area contributed by atoms with E-state index in [9.17, 15) is 13.2 Å². The Hall–Kier alpha value is -2.17. The Bertz CT molecular complexity index is 902. The third-order valence-corrected chi connectivity index (χ3v) is 6.30. The van der Waals surface area contributed by atoms with Gasteiger partial charge in [-0.25, -0.2) is 18.2 Å². The lowest BCUT2D eigenvalue weighted by atomic mass is 10.2. The van der Waals surface area contributed by atoms with Crippen LogP contribution in [0.15, 0.2) is 29.6 Å². The number of imidazole rings is 1. The van der Waals surface area contributed by atoms with Gasteiger partial charge in [0.2, 0.25) is 10.0 Å². The van der Waals surface area contributed by atoms with Crippen LogP contribution >= 0.6 is 0 Å². The first-order valence-electron chi connectivity index (χ1n) is 8.39. The molecule has 0 aromatic carbocycles. The molecule has 1 unspecified atom stereocenters. The number of carbonyl (C=O) groups is 1. The number of hydrogen-bond donors (Lipinski definition) is 1. The van der Waals surface area contributed by atoms with Gasteiger partial charge in [0.1, 0.15) is 16.4 Å². The third-order valence-electron chi connectivity index (χ3n) is 4.42. The van der Waals surface area contributed by atoms with Gasteiger partial charge in [0.25, 0.3) is 0 Å². The highest BCUT2D eigenvalue weighted by Gasteiger charge is 2.37. The Morgan fingerprint density at radius 3 is 2.81 bits per heavy atom. The summed E-state index contributed by atoms with van der Waals surface area (Å²) >= 11 is 0. The average Bonchev–Trinajstić information content (AvgIpc) is 3.21. The number of aryl methyl sites for hydroxylation is 2. The number of aromatic nitrogens is 3. The van der Waals surface area contributed by atoms with Crippen LogP contribution in [0.1, 0.15) is 29.3 Å². The normalized spacial score (nSPS) is 18.8. The average molecular weight is 381 g/mol. The second kappa shape index (κ2) is 7.22. The van der Waals surface area contributed by atoms with E-state index in [4.69, 9.17) is 4.74 Å². The smallest absolute Gasteiger partial charge is 0.354 e. The second-order valence-electron chi connectivity index (χ2n) is 6.12. The molecule has 1 saturated heterocycles. The summed E-state index contributed by atoms with van der Waals surface area (Å²) in [7, 11) is -0.332. The lowest BCUT2D eigenvalue weighted by molar-refractivity contribution is 0.0515. The van der Waals surface area contributed by atoms with Crippen molar-refractivity contribution in [3.05, 3.63) is 36.2 Å². The van der Waals surface area contributed by atoms with Crippen LogP contribution in [-0.4, -0.2) is 59.1 Å². The molecule has 26 heavy (non-hydrogen) atoms. The van der Waals surface area contributed by atoms with Crippen LogP contribution in [-0.2, 0) is 28.9 Å². The number of sulfonamides is 1. The first-order valence-corrected chi connectivity index (χ1v) is 9.83. The summed E-state index contributed by atoms with van der Waals surface area (Å²) in [5.74, 6) is 0.125. The van der Waals surface area contributed by atoms with E-state index in [0.717, 1.165) is 0 Å². The van der Waals surface area contributed by atoms with Crippen molar-refractivity contribution < 1.29 is 17.9 Å². The molecule has 2 aromatic heterocycles. The molecular formula is C16H23N5O4S. The minimum atomic E-state index is -3.79. The van der Waals surface area contributed by atoms with Gasteiger partial charge in [-0.3, -0.25) is 0 Å². The third kappa shape index (κ3) is 3.27. The van der Waals surface area contributed by atoms with Crippen LogP contribution in [0.5, 0.6) is 0 Å². The monoisotopic (exact) mass is 381 g/mol. The first kappa shape index (κ1) is 18.6. The Balaban J connectivity index is 1.97. The standard InChI is InChI=1S/C16H23N5O4S/c1-4-25-16(22)13-9-12(11-20(13)3)26(23,24)21-8-5-17-10-14(21)15-18-6-7-19(15)2/h6-7,9,11,14,17H,4-5,8,10H2,1-3H3. The Morgan fingerprint density at radius 1 is 1.38 bits per heavy atom. The maximum atomic E-state index is 13.2. The molecule has 1 fully saturated rings. The number of nitrogens with one attached hydrogen (secondary N) is 1. The van der Waals surface area contributed by atoms with Gasteiger partial charge >= 0.3 is 5.97 Å². The van der Waals surface area contributed by atoms with E-state index in [1.54, 1.807) is 26.4 Å². The summed E-state index contributed by atoms with van der Waals surface area (Å²) in [5.41, 5.74) is 0.203. The van der Waals surface area contributed by atoms with Gasteiger partial charge in [-0.15, -0.1) is 0 Å². The summed E-state index contributed by atoms with van der Waals surface area (Å²) in [6.07, 6.45) is 4.88. The Labute approximate surface area is 152 Å². The van der Waals surface area contributed by atoms with Gasteiger partial charge in [-0.1, -0.05) is 0 Å². The van der Waals surface area contributed by atoms with Crippen molar-refractivity contribution in [3.8, 4) is 0 Å². The number of rotatable bonds is 5. The Kier molecular flexibility index (Phi) is 5.17. The van der Waals surface area contributed by atoms with Crippen LogP contribution in [0.2, 0.25) is 0 Å². The van der Waals surface area contributed by atoms with E-state index in [1.807, 2.05) is 11.6 Å². The van der Waals surface area contributed by atoms with Crippen molar-refractivity contribution in [3.63, 3.8) is 0 Å². The zero-order valence-electron chi connectivity index (χ0n) is 15.0. The Morgan fingerprint density at radius 2 is 2.15 bits per heavy atom. The van der Waals surface area contributed by atoms with Crippen LogP contribution in [0.25, 0.3) is 0 Å². The van der Waals surface area contributed by atoms with Crippen molar-refractivity contribution in [1.29, 1.82) is 0 Å². The molecule has 0 bridgehead atoms. The summed E-state index contributed by atoms with van der Waals surface area (Å²) in [6.45, 7) is 3.28. The molecule has 0 aliphatic carbocycles. The molecule has 1 N–H and O–H groups in total. The summed E-state index contributed by atoms with van der Waals surface area (Å²) in [6, 6.07) is 0.949. The quantitative estimate of drug-likeness (QED) is 0.747. The van der Waals surface area contributed by atoms with E-state index in [1.165, 1.54) is 21.1 Å². The van der Waals surface area contributed by atoms with Crippen LogP contribution in [0.4, 0.5) is 0 Å². The number of ether oxygens (including phenoxy) is 1. The van der Waals surface area contributed by atoms with Gasteiger partial charge in [-0.05, 0) is 13.0 Å². The van der Waals surface area contributed by atoms with Crippen LogP contribution < -0.4 is 5.32 Å². The highest BCUT2D eigenvalue weighted by Crippen LogP contribution is 2.28. The minimum Gasteiger partial charge on any atom is -0.461 e. The fraction of sp³-hybridized carbons (Fsp3) is 0.500. The molecule has 10 heteroatoms. The van der Waals surface area contributed by atoms with Crippen molar-refractivity contribution in [2.24, 2.45) is 14.1 Å². The zero-order chi connectivity index (χ0) is 18.9. The van der Waals surface area contributed by atoms with Crippen molar-refractivity contribution in [2.75, 3.05) is 26.2 Å². The highest BCUT2D eigenvalue weighted by atomic mass is 32.2. The molecule has 3 rings (SSSR count). The zero-order valence-corrected chi connectivity index (χ0v) is 15.9. The summed E-state index contributed by atoms with van der Waals surface area (Å²) in [5, 5.41) is 3.22. The van der Waals surface area contributed by atoms with E-state index < -0.39 is 22.0 Å². The molecule has 142 valence electrons. The van der Waals surface area contributed by atoms with Gasteiger partial charge in [0, 0.05) is 52.3 Å². The van der Waals surface area contributed by atoms with E-state index in [2.05, 4.69) is 10.3 Å². The number of nitrogens with zero attached hydrogens (tertiary/aromatic N) is 4. The lowest BCUT2D eigenvalue weighted by Gasteiger charge is -2.34.